The highest BCUT2D eigenvalue weighted by Gasteiger charge is 2.23. The molecule has 0 amide bonds. The van der Waals surface area contributed by atoms with Crippen LogP contribution in [-0.2, 0) is 8.53 Å². The van der Waals surface area contributed by atoms with E-state index in [1.54, 1.807) is 0 Å². The minimum atomic E-state index is -1.05. The quantitative estimate of drug-likeness (QED) is 0.188. The second kappa shape index (κ2) is 16.8. The van der Waals surface area contributed by atoms with Crippen LogP contribution in [0.25, 0.3) is 0 Å². The van der Waals surface area contributed by atoms with Gasteiger partial charge in [0.15, 0.2) is 0 Å². The van der Waals surface area contributed by atoms with Gasteiger partial charge in [-0.05, 0) is 12.8 Å². The minimum absolute atomic E-state index is 0.0852. The third-order valence-corrected chi connectivity index (χ3v) is 6.72. The summed E-state index contributed by atoms with van der Waals surface area (Å²) >= 11 is -1.05. The fraction of sp³-hybridized carbons (Fsp3) is 1.00. The molecule has 0 bridgehead atoms. The van der Waals surface area contributed by atoms with Crippen LogP contribution in [-0.4, -0.2) is 27.4 Å². The maximum Gasteiger partial charge on any atom is 0.462 e. The molecular formula is C18H39AlO2. The number of hydrogen-bond acceptors (Lipinski definition) is 2. The van der Waals surface area contributed by atoms with E-state index in [0.29, 0.717) is 0 Å². The summed E-state index contributed by atoms with van der Waals surface area (Å²) in [4.78, 5) is 0. The zero-order chi connectivity index (χ0) is 15.8. The number of hydrogen-bond donors (Lipinski definition) is 0. The van der Waals surface area contributed by atoms with Crippen LogP contribution in [0.2, 0.25) is 10.6 Å². The lowest BCUT2D eigenvalue weighted by molar-refractivity contribution is -0.0889. The molecule has 126 valence electrons. The molecule has 0 aliphatic heterocycles. The summed E-state index contributed by atoms with van der Waals surface area (Å²) in [5, 5.41) is 2.66. The Labute approximate surface area is 138 Å². The normalized spacial score (nSPS) is 12.6. The van der Waals surface area contributed by atoms with Crippen molar-refractivity contribution in [3.05, 3.63) is 0 Å². The third-order valence-electron chi connectivity index (χ3n) is 3.93. The summed E-state index contributed by atoms with van der Waals surface area (Å²) in [6.07, 6.45) is 12.6. The Kier molecular flexibility index (Phi) is 17.2. The van der Waals surface area contributed by atoms with Crippen LogP contribution in [0.15, 0.2) is 0 Å². The van der Waals surface area contributed by atoms with E-state index in [2.05, 4.69) is 27.7 Å². The Hall–Kier alpha value is 0.452. The molecule has 2 nitrogen and oxygen atoms in total. The van der Waals surface area contributed by atoms with Crippen LogP contribution in [0, 0.1) is 0 Å². The van der Waals surface area contributed by atoms with Gasteiger partial charge in [0.2, 0.25) is 0 Å². The van der Waals surface area contributed by atoms with Crippen LogP contribution in [0.5, 0.6) is 0 Å². The first-order chi connectivity index (χ1) is 10.3. The molecule has 1 atom stereocenters. The molecule has 0 fully saturated rings. The average Bonchev–Trinajstić information content (AvgIpc) is 2.49. The van der Waals surface area contributed by atoms with Gasteiger partial charge in [-0.25, -0.2) is 0 Å². The highest BCUT2D eigenvalue weighted by atomic mass is 27.2. The average molecular weight is 314 g/mol. The molecule has 0 N–H and O–H groups in total. The summed E-state index contributed by atoms with van der Waals surface area (Å²) in [6, 6.07) is 0. The molecule has 0 aromatic heterocycles. The van der Waals surface area contributed by atoms with Gasteiger partial charge in [-0.1, -0.05) is 89.6 Å². The maximum absolute atomic E-state index is 6.42. The molecule has 0 spiro atoms. The smallest absolute Gasteiger partial charge is 0.462 e. The maximum atomic E-state index is 6.42. The van der Waals surface area contributed by atoms with Crippen molar-refractivity contribution < 1.29 is 8.53 Å². The largest absolute Gasteiger partial charge is 0.478 e. The van der Waals surface area contributed by atoms with Gasteiger partial charge in [0.05, 0.1) is 0 Å². The lowest BCUT2D eigenvalue weighted by Crippen LogP contribution is -2.28. The van der Waals surface area contributed by atoms with Crippen LogP contribution in [0.1, 0.15) is 91.9 Å². The van der Waals surface area contributed by atoms with Gasteiger partial charge in [-0.3, -0.25) is 0 Å². The first kappa shape index (κ1) is 21.5. The van der Waals surface area contributed by atoms with Gasteiger partial charge < -0.3 is 8.53 Å². The van der Waals surface area contributed by atoms with Crippen molar-refractivity contribution in [3.63, 3.8) is 0 Å². The first-order valence-electron chi connectivity index (χ1n) is 9.55. The Morgan fingerprint density at radius 2 is 1.33 bits per heavy atom. The molecule has 0 aromatic rings. The SMILES string of the molecule is CCCCCCOC(CCC)[O][Al]([CH2]CCC)[CH2]CCC. The number of ether oxygens (including phenoxy) is 1. The monoisotopic (exact) mass is 314 g/mol. The lowest BCUT2D eigenvalue weighted by Gasteiger charge is -2.23. The highest BCUT2D eigenvalue weighted by Crippen LogP contribution is 2.16. The van der Waals surface area contributed by atoms with Crippen molar-refractivity contribution in [2.75, 3.05) is 6.61 Å². The molecule has 0 aliphatic carbocycles. The van der Waals surface area contributed by atoms with E-state index < -0.39 is 14.5 Å². The van der Waals surface area contributed by atoms with E-state index >= 15 is 0 Å². The van der Waals surface area contributed by atoms with Crippen molar-refractivity contribution >= 4 is 14.5 Å². The van der Waals surface area contributed by atoms with Crippen LogP contribution in [0.4, 0.5) is 0 Å². The van der Waals surface area contributed by atoms with Gasteiger partial charge >= 0.3 is 14.5 Å². The van der Waals surface area contributed by atoms with Crippen molar-refractivity contribution in [1.29, 1.82) is 0 Å². The van der Waals surface area contributed by atoms with Gasteiger partial charge in [-0.15, -0.1) is 0 Å². The van der Waals surface area contributed by atoms with Crippen molar-refractivity contribution in [2.24, 2.45) is 0 Å². The van der Waals surface area contributed by atoms with Gasteiger partial charge in [0.1, 0.15) is 6.29 Å². The predicted octanol–water partition coefficient (Wildman–Crippen LogP) is 6.32. The van der Waals surface area contributed by atoms with Gasteiger partial charge in [0.25, 0.3) is 0 Å². The standard InChI is InChI=1S/C10H21O2.2C4H9.Al/c1-3-5-6-7-9-12-10(11)8-4-2;2*1-3-4-2;/h10H,3-9H2,1-2H3;2*1,3-4H2,2H3;/q-1;;;+1. The second-order valence-corrected chi connectivity index (χ2v) is 8.86. The Bertz CT molecular complexity index is 192. The van der Waals surface area contributed by atoms with E-state index in [1.165, 1.54) is 61.9 Å². The Morgan fingerprint density at radius 1 is 0.714 bits per heavy atom. The van der Waals surface area contributed by atoms with E-state index in [9.17, 15) is 0 Å². The molecule has 0 aromatic carbocycles. The molecule has 0 heterocycles. The third kappa shape index (κ3) is 13.8. The zero-order valence-corrected chi connectivity index (χ0v) is 16.3. The molecule has 3 heteroatoms. The van der Waals surface area contributed by atoms with Gasteiger partial charge in [-0.2, -0.15) is 0 Å². The number of rotatable bonds is 16. The molecule has 0 rings (SSSR count). The first-order valence-corrected chi connectivity index (χ1v) is 11.7. The van der Waals surface area contributed by atoms with Gasteiger partial charge in [0, 0.05) is 6.61 Å². The molecule has 0 aliphatic rings. The topological polar surface area (TPSA) is 18.5 Å². The highest BCUT2D eigenvalue weighted by molar-refractivity contribution is 6.51. The van der Waals surface area contributed by atoms with E-state index in [4.69, 9.17) is 8.53 Å². The molecule has 1 unspecified atom stereocenters. The fourth-order valence-corrected chi connectivity index (χ4v) is 5.46. The van der Waals surface area contributed by atoms with E-state index in [1.807, 2.05) is 0 Å². The minimum Gasteiger partial charge on any atom is -0.478 e. The Balaban J connectivity index is 4.06. The summed E-state index contributed by atoms with van der Waals surface area (Å²) in [6.45, 7) is 9.92. The lowest BCUT2D eigenvalue weighted by atomic mass is 10.2. The molecule has 0 saturated carbocycles. The van der Waals surface area contributed by atoms with Crippen molar-refractivity contribution in [3.8, 4) is 0 Å². The van der Waals surface area contributed by atoms with Crippen molar-refractivity contribution in [2.45, 2.75) is 109 Å². The van der Waals surface area contributed by atoms with Crippen LogP contribution in [0.3, 0.4) is 0 Å². The summed E-state index contributed by atoms with van der Waals surface area (Å²) in [7, 11) is 0. The summed E-state index contributed by atoms with van der Waals surface area (Å²) in [5.41, 5.74) is 0. The number of unbranched alkanes of at least 4 members (excludes halogenated alkanes) is 5. The van der Waals surface area contributed by atoms with E-state index in [0.717, 1.165) is 19.4 Å². The summed E-state index contributed by atoms with van der Waals surface area (Å²) < 4.78 is 12.5. The van der Waals surface area contributed by atoms with Crippen molar-refractivity contribution in [1.82, 2.24) is 0 Å². The second-order valence-electron chi connectivity index (χ2n) is 6.19. The molecule has 21 heavy (non-hydrogen) atoms. The van der Waals surface area contributed by atoms with Crippen LogP contribution < -0.4 is 0 Å². The molecular weight excluding hydrogens is 275 g/mol. The zero-order valence-electron chi connectivity index (χ0n) is 15.2. The van der Waals surface area contributed by atoms with E-state index in [-0.39, 0.29) is 6.29 Å². The molecule has 0 saturated heterocycles. The predicted molar refractivity (Wildman–Crippen MR) is 95.1 cm³/mol. The fourth-order valence-electron chi connectivity index (χ4n) is 2.53. The molecule has 0 radical (unpaired) electrons. The summed E-state index contributed by atoms with van der Waals surface area (Å²) in [5.74, 6) is 0. The van der Waals surface area contributed by atoms with Crippen LogP contribution >= 0.6 is 0 Å². The Morgan fingerprint density at radius 3 is 1.86 bits per heavy atom.